The number of carbonyl (C=O) groups excluding carboxylic acids is 1. The minimum atomic E-state index is -0.179. The second-order valence-corrected chi connectivity index (χ2v) is 3.01. The van der Waals surface area contributed by atoms with E-state index in [0.29, 0.717) is 6.42 Å². The zero-order valence-electron chi connectivity index (χ0n) is 7.64. The maximum atomic E-state index is 10.8. The molecule has 0 saturated carbocycles. The average Bonchev–Trinajstić information content (AvgIpc) is 2.05. The van der Waals surface area contributed by atoms with E-state index in [9.17, 15) is 4.79 Å². The first-order valence-electron chi connectivity index (χ1n) is 4.52. The molecule has 0 aromatic rings. The van der Waals surface area contributed by atoms with E-state index in [1.165, 1.54) is 19.3 Å². The van der Waals surface area contributed by atoms with Gasteiger partial charge in [0, 0.05) is 6.42 Å². The molecule has 0 bridgehead atoms. The van der Waals surface area contributed by atoms with Gasteiger partial charge in [0.25, 0.3) is 0 Å². The molecule has 0 aromatic heterocycles. The van der Waals surface area contributed by atoms with Crippen molar-refractivity contribution in [3.05, 3.63) is 0 Å². The fourth-order valence-corrected chi connectivity index (χ4v) is 1.13. The van der Waals surface area contributed by atoms with Gasteiger partial charge in [0.15, 0.2) is 6.07 Å². The summed E-state index contributed by atoms with van der Waals surface area (Å²) < 4.78 is 4.57. The summed E-state index contributed by atoms with van der Waals surface area (Å²) in [5.74, 6) is -0.179. The van der Waals surface area contributed by atoms with Crippen molar-refractivity contribution in [3.63, 3.8) is 0 Å². The zero-order chi connectivity index (χ0) is 9.23. The fraction of sp³-hybridized carbons (Fsp3) is 0.889. The van der Waals surface area contributed by atoms with Gasteiger partial charge in [-0.2, -0.15) is 0 Å². The SMILES string of the molecule is CCCCCCCC(=O)OCCl. The summed E-state index contributed by atoms with van der Waals surface area (Å²) in [6.45, 7) is 2.17. The highest BCUT2D eigenvalue weighted by Crippen LogP contribution is 2.05. The van der Waals surface area contributed by atoms with Crippen LogP contribution in [0.1, 0.15) is 45.4 Å². The van der Waals surface area contributed by atoms with E-state index in [1.54, 1.807) is 0 Å². The number of carbonyl (C=O) groups is 1. The number of halogens is 1. The highest BCUT2D eigenvalue weighted by Gasteiger charge is 2.00. The predicted molar refractivity (Wildman–Crippen MR) is 50.2 cm³/mol. The summed E-state index contributed by atoms with van der Waals surface area (Å²) in [6.07, 6.45) is 6.25. The number of hydrogen-bond donors (Lipinski definition) is 0. The molecule has 0 rings (SSSR count). The Morgan fingerprint density at radius 3 is 2.50 bits per heavy atom. The predicted octanol–water partition coefficient (Wildman–Crippen LogP) is 3.09. The number of hydrogen-bond acceptors (Lipinski definition) is 2. The van der Waals surface area contributed by atoms with Crippen molar-refractivity contribution in [2.24, 2.45) is 0 Å². The molecule has 0 spiro atoms. The average molecular weight is 193 g/mol. The third-order valence-electron chi connectivity index (χ3n) is 1.70. The van der Waals surface area contributed by atoms with Crippen molar-refractivity contribution < 1.29 is 9.53 Å². The van der Waals surface area contributed by atoms with Gasteiger partial charge in [-0.15, -0.1) is 0 Å². The lowest BCUT2D eigenvalue weighted by atomic mass is 10.1. The molecule has 0 radical (unpaired) electrons. The lowest BCUT2D eigenvalue weighted by Crippen LogP contribution is -2.01. The second kappa shape index (κ2) is 8.85. The van der Waals surface area contributed by atoms with Gasteiger partial charge >= 0.3 is 5.97 Å². The van der Waals surface area contributed by atoms with Gasteiger partial charge in [-0.05, 0) is 6.42 Å². The van der Waals surface area contributed by atoms with Crippen LogP contribution in [0.2, 0.25) is 0 Å². The van der Waals surface area contributed by atoms with Crippen LogP contribution in [-0.2, 0) is 9.53 Å². The zero-order valence-corrected chi connectivity index (χ0v) is 8.40. The Balaban J connectivity index is 3.03. The number of alkyl halides is 1. The van der Waals surface area contributed by atoms with Crippen LogP contribution in [0.5, 0.6) is 0 Å². The first kappa shape index (κ1) is 11.8. The van der Waals surface area contributed by atoms with Crippen molar-refractivity contribution in [3.8, 4) is 0 Å². The van der Waals surface area contributed by atoms with Crippen molar-refractivity contribution in [1.29, 1.82) is 0 Å². The molecule has 12 heavy (non-hydrogen) atoms. The molecule has 0 saturated heterocycles. The van der Waals surface area contributed by atoms with Crippen LogP contribution in [0, 0.1) is 0 Å². The Hall–Kier alpha value is -0.240. The Morgan fingerprint density at radius 2 is 1.92 bits per heavy atom. The topological polar surface area (TPSA) is 26.3 Å². The number of esters is 1. The molecular weight excluding hydrogens is 176 g/mol. The first-order chi connectivity index (χ1) is 5.81. The van der Waals surface area contributed by atoms with Crippen LogP contribution < -0.4 is 0 Å². The maximum absolute atomic E-state index is 10.8. The Kier molecular flexibility index (Phi) is 8.68. The lowest BCUT2D eigenvalue weighted by Gasteiger charge is -2.00. The molecule has 0 fully saturated rings. The summed E-state index contributed by atoms with van der Waals surface area (Å²) >= 11 is 5.22. The van der Waals surface area contributed by atoms with Gasteiger partial charge in [0.2, 0.25) is 0 Å². The van der Waals surface area contributed by atoms with E-state index in [4.69, 9.17) is 11.6 Å². The van der Waals surface area contributed by atoms with E-state index in [-0.39, 0.29) is 12.0 Å². The van der Waals surface area contributed by atoms with Crippen LogP contribution in [0.4, 0.5) is 0 Å². The fourth-order valence-electron chi connectivity index (χ4n) is 1.01. The van der Waals surface area contributed by atoms with Gasteiger partial charge in [0.1, 0.15) is 0 Å². The van der Waals surface area contributed by atoms with Gasteiger partial charge in [-0.1, -0.05) is 44.2 Å². The molecule has 0 aliphatic rings. The van der Waals surface area contributed by atoms with Crippen LogP contribution in [0.3, 0.4) is 0 Å². The van der Waals surface area contributed by atoms with E-state index in [1.807, 2.05) is 0 Å². The Morgan fingerprint density at radius 1 is 1.25 bits per heavy atom. The molecule has 0 unspecified atom stereocenters. The largest absolute Gasteiger partial charge is 0.449 e. The van der Waals surface area contributed by atoms with Gasteiger partial charge in [-0.3, -0.25) is 4.79 Å². The molecule has 0 aliphatic carbocycles. The van der Waals surface area contributed by atoms with E-state index >= 15 is 0 Å². The van der Waals surface area contributed by atoms with Crippen LogP contribution >= 0.6 is 11.6 Å². The van der Waals surface area contributed by atoms with Crippen molar-refractivity contribution >= 4 is 17.6 Å². The number of ether oxygens (including phenoxy) is 1. The smallest absolute Gasteiger partial charge is 0.306 e. The molecule has 0 heterocycles. The van der Waals surface area contributed by atoms with Crippen LogP contribution in [-0.4, -0.2) is 12.0 Å². The maximum Gasteiger partial charge on any atom is 0.306 e. The van der Waals surface area contributed by atoms with E-state index in [0.717, 1.165) is 12.8 Å². The Labute approximate surface area is 79.2 Å². The summed E-state index contributed by atoms with van der Waals surface area (Å²) in [5, 5.41) is 0. The van der Waals surface area contributed by atoms with Gasteiger partial charge < -0.3 is 4.74 Å². The standard InChI is InChI=1S/C9H17ClO2/c1-2-3-4-5-6-7-9(11)12-8-10/h2-8H2,1H3. The minimum Gasteiger partial charge on any atom is -0.449 e. The number of unbranched alkanes of at least 4 members (excludes halogenated alkanes) is 4. The molecule has 0 N–H and O–H groups in total. The van der Waals surface area contributed by atoms with Crippen molar-refractivity contribution in [2.45, 2.75) is 45.4 Å². The number of rotatable bonds is 7. The molecule has 3 heteroatoms. The normalized spacial score (nSPS) is 9.83. The summed E-state index contributed by atoms with van der Waals surface area (Å²) in [4.78, 5) is 10.8. The van der Waals surface area contributed by atoms with E-state index in [2.05, 4.69) is 11.7 Å². The van der Waals surface area contributed by atoms with Gasteiger partial charge in [0.05, 0.1) is 0 Å². The lowest BCUT2D eigenvalue weighted by molar-refractivity contribution is -0.141. The third-order valence-corrected chi connectivity index (χ3v) is 1.81. The summed E-state index contributed by atoms with van der Waals surface area (Å²) in [7, 11) is 0. The molecule has 0 aromatic carbocycles. The molecule has 0 atom stereocenters. The molecule has 0 aliphatic heterocycles. The van der Waals surface area contributed by atoms with Gasteiger partial charge in [-0.25, -0.2) is 0 Å². The molecule has 72 valence electrons. The van der Waals surface area contributed by atoms with E-state index < -0.39 is 0 Å². The summed E-state index contributed by atoms with van der Waals surface area (Å²) in [6, 6.07) is -0.0200. The van der Waals surface area contributed by atoms with Crippen molar-refractivity contribution in [2.75, 3.05) is 6.07 Å². The summed E-state index contributed by atoms with van der Waals surface area (Å²) in [5.41, 5.74) is 0. The minimum absolute atomic E-state index is 0.0200. The van der Waals surface area contributed by atoms with Crippen LogP contribution in [0.25, 0.3) is 0 Å². The molecule has 0 amide bonds. The molecule has 2 nitrogen and oxygen atoms in total. The Bertz CT molecular complexity index is 115. The second-order valence-electron chi connectivity index (χ2n) is 2.79. The highest BCUT2D eigenvalue weighted by molar-refractivity contribution is 6.17. The van der Waals surface area contributed by atoms with Crippen LogP contribution in [0.15, 0.2) is 0 Å². The molecular formula is C9H17ClO2. The first-order valence-corrected chi connectivity index (χ1v) is 5.06. The highest BCUT2D eigenvalue weighted by atomic mass is 35.5. The quantitative estimate of drug-likeness (QED) is 0.352. The van der Waals surface area contributed by atoms with Crippen molar-refractivity contribution in [1.82, 2.24) is 0 Å². The monoisotopic (exact) mass is 192 g/mol. The third kappa shape index (κ3) is 7.86.